The molecule has 0 aliphatic heterocycles. The number of hydrogen-bond acceptors (Lipinski definition) is 3. The maximum absolute atomic E-state index is 11.7. The van der Waals surface area contributed by atoms with Gasteiger partial charge >= 0.3 is 6.03 Å². The molecule has 7 heteroatoms. The van der Waals surface area contributed by atoms with E-state index in [0.29, 0.717) is 24.5 Å². The van der Waals surface area contributed by atoms with Crippen molar-refractivity contribution in [3.8, 4) is 0 Å². The van der Waals surface area contributed by atoms with Crippen molar-refractivity contribution >= 4 is 35.7 Å². The summed E-state index contributed by atoms with van der Waals surface area (Å²) < 4.78 is 0. The molecule has 0 aromatic heterocycles. The molecule has 3 amide bonds. The number of rotatable bonds is 5. The minimum absolute atomic E-state index is 0. The van der Waals surface area contributed by atoms with Crippen molar-refractivity contribution in [2.45, 2.75) is 13.8 Å². The fourth-order valence-electron chi connectivity index (χ4n) is 1.38. The summed E-state index contributed by atoms with van der Waals surface area (Å²) >= 11 is 0. The third kappa shape index (κ3) is 5.90. The van der Waals surface area contributed by atoms with Gasteiger partial charge in [0.2, 0.25) is 5.91 Å². The molecule has 0 spiro atoms. The number of amides is 3. The molecule has 1 rings (SSSR count). The maximum atomic E-state index is 11.7. The van der Waals surface area contributed by atoms with E-state index in [-0.39, 0.29) is 30.3 Å². The summed E-state index contributed by atoms with van der Waals surface area (Å²) in [6.45, 7) is 4.44. The Kier molecular flexibility index (Phi) is 8.35. The average molecular weight is 301 g/mol. The molecule has 112 valence electrons. The largest absolute Gasteiger partial charge is 0.338 e. The Morgan fingerprint density at radius 2 is 1.85 bits per heavy atom. The number of carbonyl (C=O) groups is 2. The van der Waals surface area contributed by atoms with Crippen molar-refractivity contribution in [3.05, 3.63) is 24.3 Å². The first-order chi connectivity index (χ1) is 9.06. The van der Waals surface area contributed by atoms with Gasteiger partial charge in [-0.15, -0.1) is 12.4 Å². The minimum Gasteiger partial charge on any atom is -0.338 e. The first kappa shape index (κ1) is 18.2. The number of carbonyl (C=O) groups excluding carboxylic acids is 2. The first-order valence-corrected chi connectivity index (χ1v) is 6.22. The van der Waals surface area contributed by atoms with Crippen LogP contribution in [0.15, 0.2) is 24.3 Å². The quantitative estimate of drug-likeness (QED) is 0.667. The van der Waals surface area contributed by atoms with Gasteiger partial charge in [-0.1, -0.05) is 13.0 Å². The lowest BCUT2D eigenvalue weighted by atomic mass is 10.1. The van der Waals surface area contributed by atoms with Crippen LogP contribution in [0.3, 0.4) is 0 Å². The monoisotopic (exact) mass is 300 g/mol. The van der Waals surface area contributed by atoms with E-state index >= 15 is 0 Å². The third-order valence-electron chi connectivity index (χ3n) is 2.53. The van der Waals surface area contributed by atoms with Crippen LogP contribution in [0.25, 0.3) is 0 Å². The van der Waals surface area contributed by atoms with Crippen LogP contribution in [-0.2, 0) is 4.79 Å². The van der Waals surface area contributed by atoms with Crippen molar-refractivity contribution in [2.24, 2.45) is 11.7 Å². The summed E-state index contributed by atoms with van der Waals surface area (Å²) in [5.41, 5.74) is 6.67. The van der Waals surface area contributed by atoms with Crippen LogP contribution in [0.4, 0.5) is 16.2 Å². The number of nitrogens with two attached hydrogens (primary N) is 1. The SMILES string of the molecule is CCNC(=O)Nc1cccc(NC(=O)C(C)CN)c1.Cl. The topological polar surface area (TPSA) is 96.2 Å². The van der Waals surface area contributed by atoms with E-state index in [9.17, 15) is 9.59 Å². The molecule has 5 N–H and O–H groups in total. The zero-order valence-electron chi connectivity index (χ0n) is 11.6. The molecule has 1 unspecified atom stereocenters. The summed E-state index contributed by atoms with van der Waals surface area (Å²) in [5, 5.41) is 8.05. The van der Waals surface area contributed by atoms with Crippen LogP contribution in [0.5, 0.6) is 0 Å². The third-order valence-corrected chi connectivity index (χ3v) is 2.53. The van der Waals surface area contributed by atoms with Crippen LogP contribution < -0.4 is 21.7 Å². The molecule has 0 saturated carbocycles. The fraction of sp³-hybridized carbons (Fsp3) is 0.385. The Balaban J connectivity index is 0.00000361. The second-order valence-corrected chi connectivity index (χ2v) is 4.19. The smallest absolute Gasteiger partial charge is 0.319 e. The molecular formula is C13H21ClN4O2. The molecular weight excluding hydrogens is 280 g/mol. The Hall–Kier alpha value is -1.79. The molecule has 0 aliphatic rings. The highest BCUT2D eigenvalue weighted by molar-refractivity contribution is 5.94. The van der Waals surface area contributed by atoms with Crippen molar-refractivity contribution < 1.29 is 9.59 Å². The van der Waals surface area contributed by atoms with Gasteiger partial charge in [0.25, 0.3) is 0 Å². The van der Waals surface area contributed by atoms with Gasteiger partial charge in [0.15, 0.2) is 0 Å². The van der Waals surface area contributed by atoms with Crippen molar-refractivity contribution in [1.29, 1.82) is 0 Å². The highest BCUT2D eigenvalue weighted by Gasteiger charge is 2.11. The lowest BCUT2D eigenvalue weighted by Crippen LogP contribution is -2.28. The van der Waals surface area contributed by atoms with E-state index < -0.39 is 0 Å². The highest BCUT2D eigenvalue weighted by Crippen LogP contribution is 2.15. The maximum Gasteiger partial charge on any atom is 0.319 e. The molecule has 6 nitrogen and oxygen atoms in total. The van der Waals surface area contributed by atoms with Crippen molar-refractivity contribution in [1.82, 2.24) is 5.32 Å². The van der Waals surface area contributed by atoms with Gasteiger partial charge in [0.05, 0.1) is 0 Å². The van der Waals surface area contributed by atoms with E-state index in [1.165, 1.54) is 0 Å². The molecule has 0 fully saturated rings. The Bertz CT molecular complexity index is 454. The molecule has 0 aliphatic carbocycles. The highest BCUT2D eigenvalue weighted by atomic mass is 35.5. The number of halogens is 1. The number of nitrogens with one attached hydrogen (secondary N) is 3. The van der Waals surface area contributed by atoms with Crippen LogP contribution in [0.2, 0.25) is 0 Å². The van der Waals surface area contributed by atoms with Crippen LogP contribution in [0.1, 0.15) is 13.8 Å². The van der Waals surface area contributed by atoms with Gasteiger partial charge in [-0.2, -0.15) is 0 Å². The van der Waals surface area contributed by atoms with Gasteiger partial charge in [-0.3, -0.25) is 4.79 Å². The summed E-state index contributed by atoms with van der Waals surface area (Å²) in [6.07, 6.45) is 0. The first-order valence-electron chi connectivity index (χ1n) is 6.22. The zero-order chi connectivity index (χ0) is 14.3. The summed E-state index contributed by atoms with van der Waals surface area (Å²) in [7, 11) is 0. The fourth-order valence-corrected chi connectivity index (χ4v) is 1.38. The normalized spacial score (nSPS) is 10.9. The zero-order valence-corrected chi connectivity index (χ0v) is 12.4. The Morgan fingerprint density at radius 1 is 1.25 bits per heavy atom. The summed E-state index contributed by atoms with van der Waals surface area (Å²) in [4.78, 5) is 23.1. The van der Waals surface area contributed by atoms with Crippen molar-refractivity contribution in [3.63, 3.8) is 0 Å². The molecule has 0 bridgehead atoms. The Morgan fingerprint density at radius 3 is 2.40 bits per heavy atom. The van der Waals surface area contributed by atoms with Crippen LogP contribution in [-0.4, -0.2) is 25.0 Å². The second-order valence-electron chi connectivity index (χ2n) is 4.19. The van der Waals surface area contributed by atoms with Gasteiger partial charge in [0, 0.05) is 30.4 Å². The predicted octanol–water partition coefficient (Wildman–Crippen LogP) is 1.78. The van der Waals surface area contributed by atoms with E-state index in [2.05, 4.69) is 16.0 Å². The average Bonchev–Trinajstić information content (AvgIpc) is 2.38. The van der Waals surface area contributed by atoms with E-state index in [1.807, 2.05) is 6.92 Å². The number of benzene rings is 1. The lowest BCUT2D eigenvalue weighted by Gasteiger charge is -2.11. The molecule has 0 saturated heterocycles. The van der Waals surface area contributed by atoms with Gasteiger partial charge in [0.1, 0.15) is 0 Å². The van der Waals surface area contributed by atoms with Gasteiger partial charge < -0.3 is 21.7 Å². The summed E-state index contributed by atoms with van der Waals surface area (Å²) in [5.74, 6) is -0.391. The van der Waals surface area contributed by atoms with E-state index in [4.69, 9.17) is 5.73 Å². The van der Waals surface area contributed by atoms with Crippen molar-refractivity contribution in [2.75, 3.05) is 23.7 Å². The second kappa shape index (κ2) is 9.17. The molecule has 0 heterocycles. The van der Waals surface area contributed by atoms with Crippen LogP contribution in [0, 0.1) is 5.92 Å². The number of urea groups is 1. The molecule has 20 heavy (non-hydrogen) atoms. The van der Waals surface area contributed by atoms with Gasteiger partial charge in [-0.05, 0) is 25.1 Å². The van der Waals surface area contributed by atoms with E-state index in [0.717, 1.165) is 0 Å². The summed E-state index contributed by atoms with van der Waals surface area (Å²) in [6, 6.07) is 6.67. The Labute approximate surface area is 124 Å². The number of anilines is 2. The standard InChI is InChI=1S/C13H20N4O2.ClH/c1-3-15-13(19)17-11-6-4-5-10(7-11)16-12(18)9(2)8-14;/h4-7,9H,3,8,14H2,1-2H3,(H,16,18)(H2,15,17,19);1H. The predicted molar refractivity (Wildman–Crippen MR) is 83.2 cm³/mol. The molecule has 1 aromatic carbocycles. The van der Waals surface area contributed by atoms with E-state index in [1.54, 1.807) is 31.2 Å². The molecule has 1 aromatic rings. The van der Waals surface area contributed by atoms with Crippen LogP contribution >= 0.6 is 12.4 Å². The van der Waals surface area contributed by atoms with Gasteiger partial charge in [-0.25, -0.2) is 4.79 Å². The molecule has 0 radical (unpaired) electrons. The number of hydrogen-bond donors (Lipinski definition) is 4. The molecule has 1 atom stereocenters. The lowest BCUT2D eigenvalue weighted by molar-refractivity contribution is -0.119. The minimum atomic E-state index is -0.277.